The average Bonchev–Trinajstić information content (AvgIpc) is 3.03. The number of aryl methyl sites for hydroxylation is 1. The lowest BCUT2D eigenvalue weighted by Gasteiger charge is -2.47. The van der Waals surface area contributed by atoms with Gasteiger partial charge in [-0.25, -0.2) is 9.97 Å². The van der Waals surface area contributed by atoms with Crippen molar-refractivity contribution in [2.24, 2.45) is 17.8 Å². The predicted molar refractivity (Wildman–Crippen MR) is 90.5 cm³/mol. The molecule has 3 aliphatic carbocycles. The lowest BCUT2D eigenvalue weighted by molar-refractivity contribution is -0.152. The van der Waals surface area contributed by atoms with Crippen molar-refractivity contribution >= 4 is 33.3 Å². The van der Waals surface area contributed by atoms with Crippen LogP contribution in [0.15, 0.2) is 11.4 Å². The van der Waals surface area contributed by atoms with Gasteiger partial charge in [0, 0.05) is 6.04 Å². The standard InChI is InChI=1S/C17H21N3O2S/c1-9-18-15(12-7-8-23-16(12)19-9)20-14-11-5-3-10(4-6-11)13(14)17(21)22-2/h7-8,10-11,13-14H,3-6H2,1-2H3,(H,18,19,20)/t10?,11?,13-,14-/m0/s1. The molecule has 0 aromatic carbocycles. The van der Waals surface area contributed by atoms with E-state index in [2.05, 4.69) is 21.4 Å². The number of methoxy groups -OCH3 is 1. The monoisotopic (exact) mass is 331 g/mol. The molecular formula is C17H21N3O2S. The van der Waals surface area contributed by atoms with Crippen molar-refractivity contribution in [1.82, 2.24) is 9.97 Å². The van der Waals surface area contributed by atoms with E-state index in [9.17, 15) is 4.79 Å². The first kappa shape index (κ1) is 14.9. The Morgan fingerprint density at radius 1 is 1.26 bits per heavy atom. The van der Waals surface area contributed by atoms with Crippen LogP contribution in [0, 0.1) is 24.7 Å². The molecule has 3 aliphatic rings. The Morgan fingerprint density at radius 2 is 2.00 bits per heavy atom. The SMILES string of the molecule is COC(=O)[C@H]1C2CCC(CC2)[C@@H]1Nc1nc(C)nc2sccc12. The molecule has 2 aromatic rings. The molecule has 0 radical (unpaired) electrons. The summed E-state index contributed by atoms with van der Waals surface area (Å²) in [6, 6.07) is 2.17. The molecule has 3 fully saturated rings. The van der Waals surface area contributed by atoms with Crippen molar-refractivity contribution in [1.29, 1.82) is 0 Å². The number of thiophene rings is 1. The van der Waals surface area contributed by atoms with Gasteiger partial charge in [-0.2, -0.15) is 0 Å². The lowest BCUT2D eigenvalue weighted by Crippen LogP contribution is -2.51. The van der Waals surface area contributed by atoms with E-state index in [4.69, 9.17) is 4.74 Å². The van der Waals surface area contributed by atoms with Crippen LogP contribution in [0.3, 0.4) is 0 Å². The van der Waals surface area contributed by atoms with Gasteiger partial charge in [0.15, 0.2) is 0 Å². The molecule has 6 heteroatoms. The number of hydrogen-bond acceptors (Lipinski definition) is 6. The zero-order valence-corrected chi connectivity index (χ0v) is 14.2. The second kappa shape index (κ2) is 5.74. The highest BCUT2D eigenvalue weighted by Gasteiger charge is 2.48. The molecule has 0 saturated heterocycles. The van der Waals surface area contributed by atoms with Crippen molar-refractivity contribution in [3.63, 3.8) is 0 Å². The largest absolute Gasteiger partial charge is 0.469 e. The quantitative estimate of drug-likeness (QED) is 0.874. The smallest absolute Gasteiger partial charge is 0.311 e. The normalized spacial score (nSPS) is 29.7. The van der Waals surface area contributed by atoms with Gasteiger partial charge in [-0.05, 0) is 55.9 Å². The number of carbonyl (C=O) groups excluding carboxylic acids is 1. The van der Waals surface area contributed by atoms with Gasteiger partial charge in [0.1, 0.15) is 16.5 Å². The minimum Gasteiger partial charge on any atom is -0.469 e. The number of ether oxygens (including phenoxy) is 1. The van der Waals surface area contributed by atoms with Crippen molar-refractivity contribution in [3.05, 3.63) is 17.3 Å². The highest BCUT2D eigenvalue weighted by atomic mass is 32.1. The Bertz CT molecular complexity index is 737. The molecular weight excluding hydrogens is 310 g/mol. The Morgan fingerprint density at radius 3 is 2.74 bits per heavy atom. The molecule has 2 bridgehead atoms. The molecule has 2 atom stereocenters. The Balaban J connectivity index is 1.70. The van der Waals surface area contributed by atoms with Crippen LogP contribution in [0.5, 0.6) is 0 Å². The van der Waals surface area contributed by atoms with E-state index in [0.29, 0.717) is 11.8 Å². The van der Waals surface area contributed by atoms with Crippen molar-refractivity contribution in [2.45, 2.75) is 38.6 Å². The van der Waals surface area contributed by atoms with Gasteiger partial charge in [-0.3, -0.25) is 4.79 Å². The first-order valence-corrected chi connectivity index (χ1v) is 9.11. The van der Waals surface area contributed by atoms with E-state index < -0.39 is 0 Å². The number of rotatable bonds is 3. The summed E-state index contributed by atoms with van der Waals surface area (Å²) < 4.78 is 5.10. The Hall–Kier alpha value is -1.69. The number of fused-ring (bicyclic) bond motifs is 4. The lowest BCUT2D eigenvalue weighted by atomic mass is 9.61. The number of anilines is 1. The van der Waals surface area contributed by atoms with Gasteiger partial charge in [-0.15, -0.1) is 11.3 Å². The van der Waals surface area contributed by atoms with E-state index >= 15 is 0 Å². The molecule has 1 N–H and O–H groups in total. The molecule has 0 amide bonds. The second-order valence-corrected chi connectivity index (χ2v) is 7.55. The summed E-state index contributed by atoms with van der Waals surface area (Å²) in [5, 5.41) is 6.69. The van der Waals surface area contributed by atoms with Crippen LogP contribution in [0.25, 0.3) is 10.2 Å². The number of carbonyl (C=O) groups is 1. The Kier molecular flexibility index (Phi) is 3.71. The van der Waals surface area contributed by atoms with Gasteiger partial charge in [0.2, 0.25) is 0 Å². The summed E-state index contributed by atoms with van der Waals surface area (Å²) in [7, 11) is 1.49. The van der Waals surface area contributed by atoms with Gasteiger partial charge in [0.05, 0.1) is 18.4 Å². The minimum atomic E-state index is -0.0794. The molecule has 5 nitrogen and oxygen atoms in total. The van der Waals surface area contributed by atoms with Gasteiger partial charge in [-0.1, -0.05) is 0 Å². The van der Waals surface area contributed by atoms with Crippen molar-refractivity contribution < 1.29 is 9.53 Å². The van der Waals surface area contributed by atoms with Gasteiger partial charge in [0.25, 0.3) is 0 Å². The van der Waals surface area contributed by atoms with Crippen LogP contribution < -0.4 is 5.32 Å². The molecule has 122 valence electrons. The fraction of sp³-hybridized carbons (Fsp3) is 0.588. The Labute approximate surface area is 139 Å². The molecule has 23 heavy (non-hydrogen) atoms. The summed E-state index contributed by atoms with van der Waals surface area (Å²) in [6.07, 6.45) is 4.65. The highest BCUT2D eigenvalue weighted by molar-refractivity contribution is 7.16. The topological polar surface area (TPSA) is 64.1 Å². The predicted octanol–water partition coefficient (Wildman–Crippen LogP) is 3.39. The number of aromatic nitrogens is 2. The highest BCUT2D eigenvalue weighted by Crippen LogP contribution is 2.47. The second-order valence-electron chi connectivity index (χ2n) is 6.65. The van der Waals surface area contributed by atoms with Crippen LogP contribution in [0.4, 0.5) is 5.82 Å². The molecule has 2 heterocycles. The van der Waals surface area contributed by atoms with Crippen LogP contribution >= 0.6 is 11.3 Å². The van der Waals surface area contributed by atoms with E-state index in [1.54, 1.807) is 11.3 Å². The van der Waals surface area contributed by atoms with Crippen LogP contribution in [0.2, 0.25) is 0 Å². The van der Waals surface area contributed by atoms with Crippen molar-refractivity contribution in [2.75, 3.05) is 12.4 Å². The average molecular weight is 331 g/mol. The van der Waals surface area contributed by atoms with Crippen LogP contribution in [-0.4, -0.2) is 29.1 Å². The zero-order valence-electron chi connectivity index (χ0n) is 13.4. The zero-order chi connectivity index (χ0) is 16.0. The van der Waals surface area contributed by atoms with Gasteiger partial charge < -0.3 is 10.1 Å². The van der Waals surface area contributed by atoms with E-state index in [1.165, 1.54) is 20.0 Å². The fourth-order valence-electron chi connectivity index (χ4n) is 4.36. The van der Waals surface area contributed by atoms with Crippen molar-refractivity contribution in [3.8, 4) is 0 Å². The summed E-state index contributed by atoms with van der Waals surface area (Å²) >= 11 is 1.62. The summed E-state index contributed by atoms with van der Waals surface area (Å²) in [5.74, 6) is 2.44. The molecule has 0 spiro atoms. The third kappa shape index (κ3) is 2.49. The number of esters is 1. The van der Waals surface area contributed by atoms with E-state index in [0.717, 1.165) is 34.7 Å². The van der Waals surface area contributed by atoms with E-state index in [-0.39, 0.29) is 17.9 Å². The van der Waals surface area contributed by atoms with Gasteiger partial charge >= 0.3 is 5.97 Å². The first-order valence-electron chi connectivity index (χ1n) is 8.23. The third-order valence-corrected chi connectivity index (χ3v) is 6.24. The number of nitrogens with zero attached hydrogens (tertiary/aromatic N) is 2. The summed E-state index contributed by atoms with van der Waals surface area (Å²) in [6.45, 7) is 1.91. The first-order chi connectivity index (χ1) is 11.2. The molecule has 0 aliphatic heterocycles. The van der Waals surface area contributed by atoms with Crippen LogP contribution in [0.1, 0.15) is 31.5 Å². The molecule has 2 aromatic heterocycles. The maximum atomic E-state index is 12.3. The number of hydrogen-bond donors (Lipinski definition) is 1. The minimum absolute atomic E-state index is 0.0588. The maximum Gasteiger partial charge on any atom is 0.311 e. The molecule has 3 saturated carbocycles. The number of nitrogens with one attached hydrogen (secondary N) is 1. The molecule has 0 unspecified atom stereocenters. The van der Waals surface area contributed by atoms with Crippen LogP contribution in [-0.2, 0) is 9.53 Å². The maximum absolute atomic E-state index is 12.3. The fourth-order valence-corrected chi connectivity index (χ4v) is 5.17. The third-order valence-electron chi connectivity index (χ3n) is 5.43. The summed E-state index contributed by atoms with van der Waals surface area (Å²) in [4.78, 5) is 22.4. The molecule has 5 rings (SSSR count). The summed E-state index contributed by atoms with van der Waals surface area (Å²) in [5.41, 5.74) is 0. The van der Waals surface area contributed by atoms with E-state index in [1.807, 2.05) is 12.3 Å².